The number of nitrogens with zero attached hydrogens (tertiary/aromatic N) is 3. The number of hydrazone groups is 2. The zero-order chi connectivity index (χ0) is 25.9. The van der Waals surface area contributed by atoms with E-state index in [1.54, 1.807) is 48.5 Å². The predicted molar refractivity (Wildman–Crippen MR) is 146 cm³/mol. The molecule has 1 aliphatic rings. The van der Waals surface area contributed by atoms with Gasteiger partial charge in [-0.15, -0.1) is 0 Å². The van der Waals surface area contributed by atoms with Gasteiger partial charge in [-0.1, -0.05) is 47.5 Å². The molecule has 0 radical (unpaired) electrons. The number of anilines is 1. The highest BCUT2D eigenvalue weighted by Gasteiger charge is 2.27. The Morgan fingerprint density at radius 3 is 2.14 bits per heavy atom. The van der Waals surface area contributed by atoms with E-state index in [0.29, 0.717) is 15.6 Å². The van der Waals surface area contributed by atoms with Crippen molar-refractivity contribution >= 4 is 58.1 Å². The van der Waals surface area contributed by atoms with Crippen LogP contribution in [-0.4, -0.2) is 22.9 Å². The van der Waals surface area contributed by atoms with Crippen LogP contribution in [-0.2, 0) is 0 Å². The molecule has 186 valence electrons. The standard InChI is InChI=1S/C27H20Cl2FN5O2/c28-18-5-1-16(2-6-18)13-31-33-24-12-25-21(11-23(24)30)26(36)22(15-35(25)20-9-10-20)27(37)34-32-14-17-3-7-19(29)8-4-17/h1-8,11-15,20,33H,9-10H2,(H,34,37)/b31-13+,32-14+. The zero-order valence-electron chi connectivity index (χ0n) is 19.3. The first-order valence-corrected chi connectivity index (χ1v) is 12.2. The summed E-state index contributed by atoms with van der Waals surface area (Å²) in [7, 11) is 0. The summed E-state index contributed by atoms with van der Waals surface area (Å²) in [6.45, 7) is 0. The van der Waals surface area contributed by atoms with Gasteiger partial charge in [0.15, 0.2) is 0 Å². The Kier molecular flexibility index (Phi) is 7.03. The van der Waals surface area contributed by atoms with E-state index in [-0.39, 0.29) is 22.7 Å². The molecule has 0 unspecified atom stereocenters. The minimum atomic E-state index is -0.679. The third kappa shape index (κ3) is 5.71. The third-order valence-corrected chi connectivity index (χ3v) is 6.33. The zero-order valence-corrected chi connectivity index (χ0v) is 20.8. The third-order valence-electron chi connectivity index (χ3n) is 5.82. The minimum absolute atomic E-state index is 0.103. The minimum Gasteiger partial charge on any atom is -0.343 e. The normalized spacial score (nSPS) is 13.5. The molecule has 37 heavy (non-hydrogen) atoms. The molecule has 1 fully saturated rings. The van der Waals surface area contributed by atoms with Gasteiger partial charge in [-0.25, -0.2) is 9.82 Å². The summed E-state index contributed by atoms with van der Waals surface area (Å²) in [5.41, 5.74) is 6.50. The van der Waals surface area contributed by atoms with Gasteiger partial charge < -0.3 is 4.57 Å². The summed E-state index contributed by atoms with van der Waals surface area (Å²) in [6, 6.07) is 16.7. The van der Waals surface area contributed by atoms with E-state index in [1.807, 2.05) is 4.57 Å². The number of rotatable bonds is 7. The first-order chi connectivity index (χ1) is 17.9. The largest absolute Gasteiger partial charge is 0.343 e. The summed E-state index contributed by atoms with van der Waals surface area (Å²) in [5, 5.41) is 9.31. The number of hydrogen-bond acceptors (Lipinski definition) is 5. The fourth-order valence-electron chi connectivity index (χ4n) is 3.77. The number of fused-ring (bicyclic) bond motifs is 1. The Balaban J connectivity index is 1.42. The molecule has 2 N–H and O–H groups in total. The maximum absolute atomic E-state index is 14.9. The van der Waals surface area contributed by atoms with Crippen molar-refractivity contribution in [3.63, 3.8) is 0 Å². The average molecular weight is 536 g/mol. The van der Waals surface area contributed by atoms with Crippen molar-refractivity contribution in [2.24, 2.45) is 10.2 Å². The number of pyridine rings is 1. The van der Waals surface area contributed by atoms with Crippen LogP contribution in [0.25, 0.3) is 10.9 Å². The van der Waals surface area contributed by atoms with Crippen molar-refractivity contribution in [2.75, 3.05) is 5.43 Å². The molecule has 1 heterocycles. The van der Waals surface area contributed by atoms with Gasteiger partial charge in [-0.2, -0.15) is 10.2 Å². The highest BCUT2D eigenvalue weighted by atomic mass is 35.5. The number of carbonyl (C=O) groups is 1. The molecule has 0 aliphatic heterocycles. The van der Waals surface area contributed by atoms with Crippen LogP contribution in [0, 0.1) is 5.82 Å². The van der Waals surface area contributed by atoms with Crippen molar-refractivity contribution < 1.29 is 9.18 Å². The molecule has 5 rings (SSSR count). The molecule has 10 heteroatoms. The van der Waals surface area contributed by atoms with E-state index in [1.165, 1.54) is 24.7 Å². The number of amides is 1. The Labute approximate surface area is 221 Å². The number of hydrogen-bond donors (Lipinski definition) is 2. The lowest BCUT2D eigenvalue weighted by molar-refractivity contribution is 0.0953. The Morgan fingerprint density at radius 1 is 0.946 bits per heavy atom. The van der Waals surface area contributed by atoms with Crippen molar-refractivity contribution in [1.82, 2.24) is 9.99 Å². The topological polar surface area (TPSA) is 87.8 Å². The van der Waals surface area contributed by atoms with E-state index in [9.17, 15) is 14.0 Å². The van der Waals surface area contributed by atoms with E-state index < -0.39 is 17.2 Å². The first-order valence-electron chi connectivity index (χ1n) is 11.4. The van der Waals surface area contributed by atoms with Crippen molar-refractivity contribution in [3.05, 3.63) is 110 Å². The van der Waals surface area contributed by atoms with Gasteiger partial charge in [0, 0.05) is 27.7 Å². The van der Waals surface area contributed by atoms with Crippen LogP contribution in [0.3, 0.4) is 0 Å². The molecule has 1 aromatic heterocycles. The summed E-state index contributed by atoms with van der Waals surface area (Å²) in [5.74, 6) is -1.35. The van der Waals surface area contributed by atoms with E-state index in [4.69, 9.17) is 23.2 Å². The van der Waals surface area contributed by atoms with E-state index in [2.05, 4.69) is 21.1 Å². The van der Waals surface area contributed by atoms with E-state index in [0.717, 1.165) is 30.0 Å². The Morgan fingerprint density at radius 2 is 1.54 bits per heavy atom. The van der Waals surface area contributed by atoms with Gasteiger partial charge in [0.2, 0.25) is 5.43 Å². The van der Waals surface area contributed by atoms with Crippen LogP contribution in [0.15, 0.2) is 81.9 Å². The average Bonchev–Trinajstić information content (AvgIpc) is 3.73. The first kappa shape index (κ1) is 24.7. The van der Waals surface area contributed by atoms with Gasteiger partial charge in [0.25, 0.3) is 5.91 Å². The number of nitrogens with one attached hydrogen (secondary N) is 2. The molecular weight excluding hydrogens is 516 g/mol. The molecule has 1 amide bonds. The highest BCUT2D eigenvalue weighted by molar-refractivity contribution is 6.30. The lowest BCUT2D eigenvalue weighted by atomic mass is 10.1. The maximum Gasteiger partial charge on any atom is 0.276 e. The molecule has 0 saturated heterocycles. The Bertz CT molecular complexity index is 1590. The second kappa shape index (κ2) is 10.5. The van der Waals surface area contributed by atoms with Gasteiger partial charge in [-0.05, 0) is 60.4 Å². The maximum atomic E-state index is 14.9. The van der Waals surface area contributed by atoms with Crippen molar-refractivity contribution in [1.29, 1.82) is 0 Å². The summed E-state index contributed by atoms with van der Waals surface area (Å²) in [4.78, 5) is 26.0. The second-order valence-electron chi connectivity index (χ2n) is 8.53. The molecule has 0 atom stereocenters. The van der Waals surface area contributed by atoms with Crippen LogP contribution in [0.2, 0.25) is 10.0 Å². The number of carbonyl (C=O) groups excluding carboxylic acids is 1. The molecule has 1 aliphatic carbocycles. The molecule has 3 aromatic carbocycles. The Hall–Kier alpha value is -4.01. The van der Waals surface area contributed by atoms with E-state index >= 15 is 0 Å². The molecule has 7 nitrogen and oxygen atoms in total. The summed E-state index contributed by atoms with van der Waals surface area (Å²) < 4.78 is 16.8. The lowest BCUT2D eigenvalue weighted by Gasteiger charge is -2.14. The molecule has 4 aromatic rings. The molecule has 1 saturated carbocycles. The molecular formula is C27H20Cl2FN5O2. The fourth-order valence-corrected chi connectivity index (χ4v) is 4.02. The van der Waals surface area contributed by atoms with Gasteiger partial charge in [0.1, 0.15) is 11.4 Å². The highest BCUT2D eigenvalue weighted by Crippen LogP contribution is 2.37. The van der Waals surface area contributed by atoms with Crippen molar-refractivity contribution in [2.45, 2.75) is 18.9 Å². The number of aromatic nitrogens is 1. The van der Waals surface area contributed by atoms with Crippen molar-refractivity contribution in [3.8, 4) is 0 Å². The SMILES string of the molecule is O=C(N/N=C/c1ccc(Cl)cc1)c1cn(C2CC2)c2cc(N/N=C/c3ccc(Cl)cc3)c(F)cc2c1=O. The summed E-state index contributed by atoms with van der Waals surface area (Å²) in [6.07, 6.45) is 6.27. The van der Waals surface area contributed by atoms with Gasteiger partial charge in [0.05, 0.1) is 23.6 Å². The van der Waals surface area contributed by atoms with Crippen LogP contribution in [0.1, 0.15) is 40.4 Å². The monoisotopic (exact) mass is 535 g/mol. The van der Waals surface area contributed by atoms with Crippen LogP contribution in [0.5, 0.6) is 0 Å². The molecule has 0 spiro atoms. The number of halogens is 3. The van der Waals surface area contributed by atoms with Gasteiger partial charge in [-0.3, -0.25) is 15.0 Å². The fraction of sp³-hybridized carbons (Fsp3) is 0.111. The second-order valence-corrected chi connectivity index (χ2v) is 9.40. The van der Waals surface area contributed by atoms with Gasteiger partial charge >= 0.3 is 0 Å². The lowest BCUT2D eigenvalue weighted by Crippen LogP contribution is -2.27. The van der Waals surface area contributed by atoms with Crippen LogP contribution < -0.4 is 16.3 Å². The smallest absolute Gasteiger partial charge is 0.276 e. The van der Waals surface area contributed by atoms with Crippen LogP contribution >= 0.6 is 23.2 Å². The molecule has 0 bridgehead atoms. The van der Waals surface area contributed by atoms with Crippen LogP contribution in [0.4, 0.5) is 10.1 Å². The number of benzene rings is 3. The summed E-state index contributed by atoms with van der Waals surface area (Å²) >= 11 is 11.8. The predicted octanol–water partition coefficient (Wildman–Crippen LogP) is 5.99. The quantitative estimate of drug-likeness (QED) is 0.225.